The predicted octanol–water partition coefficient (Wildman–Crippen LogP) is 0.973. The summed E-state index contributed by atoms with van der Waals surface area (Å²) in [5.74, 6) is -0.970. The van der Waals surface area contributed by atoms with Crippen molar-refractivity contribution in [3.8, 4) is 0 Å². The van der Waals surface area contributed by atoms with Crippen molar-refractivity contribution in [2.45, 2.75) is 19.9 Å². The van der Waals surface area contributed by atoms with Gasteiger partial charge in [-0.1, -0.05) is 0 Å². The Morgan fingerprint density at radius 3 is 2.56 bits per heavy atom. The lowest BCUT2D eigenvalue weighted by Crippen LogP contribution is -2.23. The molecule has 0 fully saturated rings. The van der Waals surface area contributed by atoms with E-state index in [9.17, 15) is 9.59 Å². The molecule has 1 aromatic rings. The molecule has 16 heavy (non-hydrogen) atoms. The van der Waals surface area contributed by atoms with Crippen LogP contribution in [0, 0.1) is 6.92 Å². The Bertz CT molecular complexity index is 407. The Kier molecular flexibility index (Phi) is 3.71. The molecule has 0 saturated carbocycles. The molecule has 0 aliphatic rings. The third-order valence-corrected chi connectivity index (χ3v) is 2.43. The van der Waals surface area contributed by atoms with Crippen LogP contribution in [-0.4, -0.2) is 40.5 Å². The molecule has 0 radical (unpaired) electrons. The van der Waals surface area contributed by atoms with Crippen LogP contribution >= 0.6 is 0 Å². The molecule has 0 aliphatic carbocycles. The number of carbonyl (C=O) groups is 2. The summed E-state index contributed by atoms with van der Waals surface area (Å²) in [6.07, 6.45) is 2.00. The number of aromatic carboxylic acids is 1. The van der Waals surface area contributed by atoms with Gasteiger partial charge in [-0.3, -0.25) is 4.79 Å². The van der Waals surface area contributed by atoms with E-state index >= 15 is 0 Å². The van der Waals surface area contributed by atoms with Gasteiger partial charge in [0.1, 0.15) is 5.69 Å². The summed E-state index contributed by atoms with van der Waals surface area (Å²) in [6, 6.07) is 1.74. The van der Waals surface area contributed by atoms with Crippen molar-refractivity contribution in [3.05, 3.63) is 23.5 Å². The minimum atomic E-state index is -0.959. The summed E-state index contributed by atoms with van der Waals surface area (Å²) in [4.78, 5) is 23.8. The van der Waals surface area contributed by atoms with Gasteiger partial charge >= 0.3 is 5.97 Å². The zero-order chi connectivity index (χ0) is 12.3. The molecule has 1 heterocycles. The van der Waals surface area contributed by atoms with Crippen molar-refractivity contribution < 1.29 is 14.7 Å². The maximum Gasteiger partial charge on any atom is 0.352 e. The molecule has 0 bridgehead atoms. The summed E-state index contributed by atoms with van der Waals surface area (Å²) in [5, 5.41) is 8.99. The molecule has 0 aliphatic heterocycles. The Morgan fingerprint density at radius 2 is 2.06 bits per heavy atom. The lowest BCUT2D eigenvalue weighted by atomic mass is 10.2. The van der Waals surface area contributed by atoms with Gasteiger partial charge in [-0.15, -0.1) is 0 Å². The normalized spacial score (nSPS) is 10.2. The fourth-order valence-corrected chi connectivity index (χ4v) is 1.50. The number of carboxylic acid groups (broad SMARTS) is 1. The van der Waals surface area contributed by atoms with Crippen LogP contribution in [0.25, 0.3) is 0 Å². The van der Waals surface area contributed by atoms with E-state index in [0.29, 0.717) is 18.5 Å². The highest BCUT2D eigenvalue weighted by Crippen LogP contribution is 2.10. The third kappa shape index (κ3) is 2.62. The Morgan fingerprint density at radius 1 is 1.44 bits per heavy atom. The van der Waals surface area contributed by atoms with Crippen LogP contribution < -0.4 is 0 Å². The van der Waals surface area contributed by atoms with Crippen molar-refractivity contribution in [1.29, 1.82) is 0 Å². The second kappa shape index (κ2) is 4.83. The van der Waals surface area contributed by atoms with Crippen LogP contribution in [0.2, 0.25) is 0 Å². The van der Waals surface area contributed by atoms with Gasteiger partial charge in [-0.25, -0.2) is 4.79 Å². The van der Waals surface area contributed by atoms with E-state index in [2.05, 4.69) is 0 Å². The van der Waals surface area contributed by atoms with Crippen molar-refractivity contribution in [3.63, 3.8) is 0 Å². The first-order valence-corrected chi connectivity index (χ1v) is 5.02. The largest absolute Gasteiger partial charge is 0.477 e. The number of amides is 1. The fourth-order valence-electron chi connectivity index (χ4n) is 1.50. The first-order chi connectivity index (χ1) is 7.43. The maximum atomic E-state index is 11.4. The number of rotatable bonds is 4. The van der Waals surface area contributed by atoms with E-state index in [-0.39, 0.29) is 11.6 Å². The Balaban J connectivity index is 2.75. The van der Waals surface area contributed by atoms with E-state index in [1.54, 1.807) is 37.8 Å². The highest BCUT2D eigenvalue weighted by molar-refractivity contribution is 5.87. The zero-order valence-electron chi connectivity index (χ0n) is 9.73. The van der Waals surface area contributed by atoms with Crippen molar-refractivity contribution >= 4 is 11.9 Å². The molecule has 0 unspecified atom stereocenters. The van der Waals surface area contributed by atoms with Crippen LogP contribution in [0.15, 0.2) is 12.3 Å². The first kappa shape index (κ1) is 12.3. The van der Waals surface area contributed by atoms with Crippen LogP contribution in [0.4, 0.5) is 0 Å². The van der Waals surface area contributed by atoms with Gasteiger partial charge in [0.25, 0.3) is 0 Å². The molecular formula is C11H16N2O3. The number of aryl methyl sites for hydroxylation is 2. The van der Waals surface area contributed by atoms with Gasteiger partial charge in [0, 0.05) is 33.3 Å². The number of carbonyl (C=O) groups excluding carboxylic acids is 1. The molecule has 1 aromatic heterocycles. The van der Waals surface area contributed by atoms with Crippen LogP contribution in [-0.2, 0) is 11.3 Å². The Hall–Kier alpha value is -1.78. The van der Waals surface area contributed by atoms with Gasteiger partial charge in [-0.05, 0) is 18.6 Å². The molecule has 5 nitrogen and oxygen atoms in total. The average molecular weight is 224 g/mol. The predicted molar refractivity (Wildman–Crippen MR) is 59.4 cm³/mol. The lowest BCUT2D eigenvalue weighted by Gasteiger charge is -2.11. The molecule has 5 heteroatoms. The molecule has 0 aromatic carbocycles. The van der Waals surface area contributed by atoms with E-state index in [1.807, 2.05) is 0 Å². The van der Waals surface area contributed by atoms with E-state index in [4.69, 9.17) is 5.11 Å². The summed E-state index contributed by atoms with van der Waals surface area (Å²) >= 11 is 0. The molecule has 0 spiro atoms. The summed E-state index contributed by atoms with van der Waals surface area (Å²) in [5.41, 5.74) is 0.969. The van der Waals surface area contributed by atoms with E-state index in [1.165, 1.54) is 4.90 Å². The summed E-state index contributed by atoms with van der Waals surface area (Å²) < 4.78 is 1.60. The zero-order valence-corrected chi connectivity index (χ0v) is 9.73. The number of hydrogen-bond donors (Lipinski definition) is 1. The second-order valence-electron chi connectivity index (χ2n) is 3.88. The topological polar surface area (TPSA) is 62.5 Å². The first-order valence-electron chi connectivity index (χ1n) is 5.02. The number of nitrogens with zero attached hydrogens (tertiary/aromatic N) is 2. The highest BCUT2D eigenvalue weighted by atomic mass is 16.4. The van der Waals surface area contributed by atoms with Gasteiger partial charge in [0.2, 0.25) is 5.91 Å². The van der Waals surface area contributed by atoms with E-state index < -0.39 is 5.97 Å². The van der Waals surface area contributed by atoms with Gasteiger partial charge in [-0.2, -0.15) is 0 Å². The monoisotopic (exact) mass is 224 g/mol. The van der Waals surface area contributed by atoms with Gasteiger partial charge in [0.05, 0.1) is 0 Å². The number of hydrogen-bond acceptors (Lipinski definition) is 2. The molecule has 1 amide bonds. The average Bonchev–Trinajstić information content (AvgIpc) is 2.55. The van der Waals surface area contributed by atoms with Crippen LogP contribution in [0.5, 0.6) is 0 Å². The SMILES string of the molecule is Cc1ccn(CCC(=O)N(C)C)c1C(=O)O. The molecular weight excluding hydrogens is 208 g/mol. The second-order valence-corrected chi connectivity index (χ2v) is 3.88. The number of carboxylic acids is 1. The van der Waals surface area contributed by atoms with Crippen molar-refractivity contribution in [1.82, 2.24) is 9.47 Å². The smallest absolute Gasteiger partial charge is 0.352 e. The minimum Gasteiger partial charge on any atom is -0.477 e. The molecule has 1 rings (SSSR count). The minimum absolute atomic E-state index is 0.0114. The standard InChI is InChI=1S/C11H16N2O3/c1-8-4-6-13(10(8)11(15)16)7-5-9(14)12(2)3/h4,6H,5,7H2,1-3H3,(H,15,16). The Labute approximate surface area is 94.3 Å². The fraction of sp³-hybridized carbons (Fsp3) is 0.455. The summed E-state index contributed by atoms with van der Waals surface area (Å²) in [6.45, 7) is 2.14. The summed E-state index contributed by atoms with van der Waals surface area (Å²) in [7, 11) is 3.36. The highest BCUT2D eigenvalue weighted by Gasteiger charge is 2.14. The molecule has 0 atom stereocenters. The van der Waals surface area contributed by atoms with Crippen molar-refractivity contribution in [2.24, 2.45) is 0 Å². The maximum absolute atomic E-state index is 11.4. The lowest BCUT2D eigenvalue weighted by molar-refractivity contribution is -0.128. The van der Waals surface area contributed by atoms with Crippen molar-refractivity contribution in [2.75, 3.05) is 14.1 Å². The van der Waals surface area contributed by atoms with Gasteiger partial charge in [0.15, 0.2) is 0 Å². The molecule has 0 saturated heterocycles. The van der Waals surface area contributed by atoms with Crippen LogP contribution in [0.1, 0.15) is 22.5 Å². The van der Waals surface area contributed by atoms with Crippen LogP contribution in [0.3, 0.4) is 0 Å². The molecule has 88 valence electrons. The number of aromatic nitrogens is 1. The quantitative estimate of drug-likeness (QED) is 0.829. The molecule has 1 N–H and O–H groups in total. The third-order valence-electron chi connectivity index (χ3n) is 2.43. The van der Waals surface area contributed by atoms with E-state index in [0.717, 1.165) is 0 Å². The van der Waals surface area contributed by atoms with Gasteiger partial charge < -0.3 is 14.6 Å².